The Kier molecular flexibility index (Phi) is 4.58. The second-order valence-corrected chi connectivity index (χ2v) is 11.7. The van der Waals surface area contributed by atoms with E-state index in [9.17, 15) is 5.26 Å². The zero-order valence-corrected chi connectivity index (χ0v) is 22.7. The lowest BCUT2D eigenvalue weighted by Crippen LogP contribution is -1.90. The van der Waals surface area contributed by atoms with E-state index in [0.717, 1.165) is 16.4 Å². The van der Waals surface area contributed by atoms with Crippen molar-refractivity contribution in [1.29, 1.82) is 5.26 Å². The topological polar surface area (TPSA) is 36.7 Å². The van der Waals surface area contributed by atoms with E-state index in [1.165, 1.54) is 69.0 Å². The molecule has 0 N–H and O–H groups in total. The minimum Gasteiger partial charge on any atom is -0.246 e. The summed E-state index contributed by atoms with van der Waals surface area (Å²) in [6.45, 7) is 0. The van der Waals surface area contributed by atoms with E-state index in [1.54, 1.807) is 0 Å². The molecule has 2 heterocycles. The molecule has 0 fully saturated rings. The molecule has 7 aromatic carbocycles. The third-order valence-corrected chi connectivity index (χ3v) is 9.62. The molecule has 0 saturated heterocycles. The van der Waals surface area contributed by atoms with Crippen LogP contribution in [-0.2, 0) is 0 Å². The number of hydrogen-bond acceptors (Lipinski definition) is 3. The van der Waals surface area contributed by atoms with Gasteiger partial charge >= 0.3 is 0 Å². The summed E-state index contributed by atoms with van der Waals surface area (Å²) >= 11 is 1.83. The Morgan fingerprint density at radius 2 is 1.22 bits per heavy atom. The van der Waals surface area contributed by atoms with Gasteiger partial charge in [0.25, 0.3) is 0 Å². The van der Waals surface area contributed by atoms with Crippen LogP contribution in [0.25, 0.3) is 85.4 Å². The number of benzene rings is 7. The van der Waals surface area contributed by atoms with Crippen molar-refractivity contribution in [3.63, 3.8) is 0 Å². The van der Waals surface area contributed by atoms with Gasteiger partial charge in [0.05, 0.1) is 27.4 Å². The molecule has 3 heteroatoms. The van der Waals surface area contributed by atoms with E-state index < -0.39 is 0 Å². The molecule has 0 amide bonds. The van der Waals surface area contributed by atoms with Gasteiger partial charge in [0, 0.05) is 21.0 Å². The minimum absolute atomic E-state index is 0.681. The van der Waals surface area contributed by atoms with Gasteiger partial charge in [0.2, 0.25) is 0 Å². The molecule has 0 aliphatic carbocycles. The van der Waals surface area contributed by atoms with Gasteiger partial charge in [-0.15, -0.1) is 11.3 Å². The molecule has 0 bridgehead atoms. The van der Waals surface area contributed by atoms with Gasteiger partial charge in [-0.05, 0) is 79.0 Å². The number of rotatable bonds is 1. The molecular formula is C38H20N2S. The van der Waals surface area contributed by atoms with Gasteiger partial charge < -0.3 is 0 Å². The lowest BCUT2D eigenvalue weighted by atomic mass is 9.90. The predicted molar refractivity (Wildman–Crippen MR) is 175 cm³/mol. The van der Waals surface area contributed by atoms with E-state index in [4.69, 9.17) is 4.98 Å². The highest BCUT2D eigenvalue weighted by Gasteiger charge is 2.19. The summed E-state index contributed by atoms with van der Waals surface area (Å²) in [7, 11) is 0. The van der Waals surface area contributed by atoms with Crippen LogP contribution >= 0.6 is 11.3 Å². The summed E-state index contributed by atoms with van der Waals surface area (Å²) in [6, 6.07) is 45.4. The first-order chi connectivity index (χ1) is 20.3. The quantitative estimate of drug-likeness (QED) is 0.196. The highest BCUT2D eigenvalue weighted by atomic mass is 32.1. The minimum atomic E-state index is 0.681. The standard InChI is InChI=1S/C38H20N2S/c39-21-22-13-16-28-29-17-14-24(20-32(29)27-10-4-3-9-26(27)31(28)19-22)35-36-25-8-2-1-7-23(25)15-18-33(36)40-37-30-11-5-6-12-34(30)41-38(35)37/h1-20H. The number of fused-ring (bicyclic) bond motifs is 12. The van der Waals surface area contributed by atoms with E-state index in [1.807, 2.05) is 23.5 Å². The lowest BCUT2D eigenvalue weighted by Gasteiger charge is -2.15. The number of nitriles is 1. The normalized spacial score (nSPS) is 11.9. The average molecular weight is 537 g/mol. The number of nitrogens with zero attached hydrogens (tertiary/aromatic N) is 2. The van der Waals surface area contributed by atoms with Crippen molar-refractivity contribution in [3.8, 4) is 17.2 Å². The van der Waals surface area contributed by atoms with Crippen LogP contribution in [0.15, 0.2) is 121 Å². The second kappa shape index (κ2) is 8.35. The molecule has 188 valence electrons. The SMILES string of the molecule is N#Cc1ccc2c3ccc(-c4c5sc6ccccc6c5nc5ccc6ccccc6c45)cc3c3ccccc3c2c1. The van der Waals surface area contributed by atoms with Crippen molar-refractivity contribution in [2.75, 3.05) is 0 Å². The Morgan fingerprint density at radius 3 is 2.02 bits per heavy atom. The zero-order chi connectivity index (χ0) is 27.1. The van der Waals surface area contributed by atoms with Crippen LogP contribution in [-0.4, -0.2) is 4.98 Å². The lowest BCUT2D eigenvalue weighted by molar-refractivity contribution is 1.50. The Morgan fingerprint density at radius 1 is 0.561 bits per heavy atom. The van der Waals surface area contributed by atoms with Crippen LogP contribution in [0.3, 0.4) is 0 Å². The average Bonchev–Trinajstić information content (AvgIpc) is 3.41. The van der Waals surface area contributed by atoms with Crippen molar-refractivity contribution in [2.24, 2.45) is 0 Å². The van der Waals surface area contributed by atoms with E-state index in [-0.39, 0.29) is 0 Å². The first-order valence-electron chi connectivity index (χ1n) is 13.7. The molecule has 0 saturated carbocycles. The molecule has 9 rings (SSSR count). The molecule has 0 aliphatic heterocycles. The predicted octanol–water partition coefficient (Wildman–Crippen LogP) is 10.8. The van der Waals surface area contributed by atoms with Crippen LogP contribution < -0.4 is 0 Å². The molecular weight excluding hydrogens is 516 g/mol. The highest BCUT2D eigenvalue weighted by molar-refractivity contribution is 7.26. The summed E-state index contributed by atoms with van der Waals surface area (Å²) in [5.41, 5.74) is 5.20. The maximum absolute atomic E-state index is 9.59. The number of thiophene rings is 1. The highest BCUT2D eigenvalue weighted by Crippen LogP contribution is 2.46. The number of pyridine rings is 1. The fraction of sp³-hybridized carbons (Fsp3) is 0. The van der Waals surface area contributed by atoms with Gasteiger partial charge in [-0.3, -0.25) is 0 Å². The van der Waals surface area contributed by atoms with E-state index in [2.05, 4.69) is 115 Å². The fourth-order valence-corrected chi connectivity index (χ4v) is 7.83. The third kappa shape index (κ3) is 3.14. The largest absolute Gasteiger partial charge is 0.246 e. The maximum atomic E-state index is 9.59. The van der Waals surface area contributed by atoms with Crippen molar-refractivity contribution in [3.05, 3.63) is 127 Å². The summed E-state index contributed by atoms with van der Waals surface area (Å²) in [5.74, 6) is 0. The molecule has 0 radical (unpaired) electrons. The van der Waals surface area contributed by atoms with Gasteiger partial charge in [-0.2, -0.15) is 5.26 Å². The number of aromatic nitrogens is 1. The Hall–Kier alpha value is -5.30. The third-order valence-electron chi connectivity index (χ3n) is 8.44. The van der Waals surface area contributed by atoms with Crippen molar-refractivity contribution >= 4 is 85.6 Å². The first-order valence-corrected chi connectivity index (χ1v) is 14.5. The first kappa shape index (κ1) is 22.5. The molecule has 41 heavy (non-hydrogen) atoms. The molecule has 0 unspecified atom stereocenters. The van der Waals surface area contributed by atoms with Crippen molar-refractivity contribution < 1.29 is 0 Å². The van der Waals surface area contributed by atoms with Crippen LogP contribution in [0, 0.1) is 11.3 Å². The second-order valence-electron chi connectivity index (χ2n) is 10.6. The summed E-state index contributed by atoms with van der Waals surface area (Å²) in [4.78, 5) is 5.26. The Labute approximate surface area is 239 Å². The summed E-state index contributed by atoms with van der Waals surface area (Å²) < 4.78 is 2.47. The van der Waals surface area contributed by atoms with E-state index >= 15 is 0 Å². The molecule has 0 aliphatic rings. The van der Waals surface area contributed by atoms with Crippen molar-refractivity contribution in [1.82, 2.24) is 4.98 Å². The van der Waals surface area contributed by atoms with Crippen molar-refractivity contribution in [2.45, 2.75) is 0 Å². The maximum Gasteiger partial charge on any atom is 0.0991 e. The van der Waals surface area contributed by atoms with Gasteiger partial charge in [-0.1, -0.05) is 91.0 Å². The zero-order valence-electron chi connectivity index (χ0n) is 21.8. The van der Waals surface area contributed by atoms with Crippen LogP contribution in [0.4, 0.5) is 0 Å². The molecule has 2 nitrogen and oxygen atoms in total. The van der Waals surface area contributed by atoms with E-state index in [0.29, 0.717) is 5.56 Å². The van der Waals surface area contributed by atoms with Gasteiger partial charge in [0.15, 0.2) is 0 Å². The summed E-state index contributed by atoms with van der Waals surface area (Å²) in [5, 5.41) is 21.5. The fourth-order valence-electron chi connectivity index (χ4n) is 6.62. The van der Waals surface area contributed by atoms with Gasteiger partial charge in [0.1, 0.15) is 0 Å². The monoisotopic (exact) mass is 536 g/mol. The summed E-state index contributed by atoms with van der Waals surface area (Å²) in [6.07, 6.45) is 0. The Balaban J connectivity index is 1.48. The number of hydrogen-bond donors (Lipinski definition) is 0. The molecule has 2 aromatic heterocycles. The van der Waals surface area contributed by atoms with Gasteiger partial charge in [-0.25, -0.2) is 4.98 Å². The van der Waals surface area contributed by atoms with Crippen LogP contribution in [0.5, 0.6) is 0 Å². The molecule has 0 spiro atoms. The molecule has 9 aromatic rings. The van der Waals surface area contributed by atoms with Crippen LogP contribution in [0.1, 0.15) is 5.56 Å². The Bertz CT molecular complexity index is 2580. The van der Waals surface area contributed by atoms with Crippen LogP contribution in [0.2, 0.25) is 0 Å². The molecule has 0 atom stereocenters. The smallest absolute Gasteiger partial charge is 0.0991 e.